The molecule has 0 bridgehead atoms. The van der Waals surface area contributed by atoms with Gasteiger partial charge in [-0.1, -0.05) is 30.3 Å². The van der Waals surface area contributed by atoms with Crippen molar-refractivity contribution in [2.75, 3.05) is 0 Å². The fourth-order valence-corrected chi connectivity index (χ4v) is 0.989. The molecule has 1 aromatic rings. The summed E-state index contributed by atoms with van der Waals surface area (Å²) < 4.78 is 0. The Labute approximate surface area is 76.0 Å². The Morgan fingerprint density at radius 3 is 2.23 bits per heavy atom. The molecule has 0 aliphatic carbocycles. The Morgan fingerprint density at radius 1 is 1.08 bits per heavy atom. The molecule has 0 atom stereocenters. The Balaban J connectivity index is 2.54. The van der Waals surface area contributed by atoms with E-state index >= 15 is 0 Å². The van der Waals surface area contributed by atoms with Gasteiger partial charge in [-0.3, -0.25) is 9.59 Å². The molecular formula is C10H10O3. The Kier molecular flexibility index (Phi) is 3.20. The summed E-state index contributed by atoms with van der Waals surface area (Å²) in [7, 11) is 0. The lowest BCUT2D eigenvalue weighted by atomic mass is 10.5. The summed E-state index contributed by atoms with van der Waals surface area (Å²) in [6.45, 7) is 0. The van der Waals surface area contributed by atoms with Gasteiger partial charge >= 0.3 is 5.97 Å². The van der Waals surface area contributed by atoms with E-state index in [-0.39, 0.29) is 18.6 Å². The molecule has 3 heteroatoms. The average Bonchev–Trinajstić information content (AvgIpc) is 2.15. The lowest BCUT2D eigenvalue weighted by Crippen LogP contribution is -2.03. The number of benzene rings is 1. The molecule has 0 saturated carbocycles. The lowest BCUT2D eigenvalue weighted by molar-refractivity contribution is -0.136. The number of hydrogen-bond donors (Lipinski definition) is 1. The summed E-state index contributed by atoms with van der Waals surface area (Å²) >= 11 is 0. The molecule has 0 spiro atoms. The number of ketones is 1. The maximum absolute atomic E-state index is 11.3. The highest BCUT2D eigenvalue weighted by Crippen LogP contribution is 2.04. The van der Waals surface area contributed by atoms with E-state index in [0.29, 0.717) is 5.56 Å². The zero-order valence-corrected chi connectivity index (χ0v) is 7.06. The molecule has 1 N–H and O–H groups in total. The summed E-state index contributed by atoms with van der Waals surface area (Å²) in [5.41, 5.74) is 0.573. The van der Waals surface area contributed by atoms with Crippen molar-refractivity contribution in [3.63, 3.8) is 0 Å². The third kappa shape index (κ3) is 3.07. The van der Waals surface area contributed by atoms with Crippen LogP contribution < -0.4 is 0 Å². The molecule has 1 rings (SSSR count). The van der Waals surface area contributed by atoms with E-state index < -0.39 is 5.97 Å². The van der Waals surface area contributed by atoms with Crippen LogP contribution in [0, 0.1) is 0 Å². The molecule has 0 saturated heterocycles. The van der Waals surface area contributed by atoms with Gasteiger partial charge in [0.15, 0.2) is 5.78 Å². The third-order valence-electron chi connectivity index (χ3n) is 1.66. The molecule has 1 aromatic carbocycles. The van der Waals surface area contributed by atoms with Crippen LogP contribution in [0.5, 0.6) is 0 Å². The number of carboxylic acids is 1. The van der Waals surface area contributed by atoms with Crippen molar-refractivity contribution in [1.82, 2.24) is 0 Å². The number of Topliss-reactive ketones (excluding diaryl/α,β-unsaturated/α-hetero) is 1. The maximum atomic E-state index is 11.3. The lowest BCUT2D eigenvalue weighted by Gasteiger charge is -1.97. The highest BCUT2D eigenvalue weighted by Gasteiger charge is 2.06. The molecule has 0 aromatic heterocycles. The van der Waals surface area contributed by atoms with Crippen molar-refractivity contribution in [3.8, 4) is 0 Å². The molecular weight excluding hydrogens is 176 g/mol. The molecule has 0 amide bonds. The summed E-state index contributed by atoms with van der Waals surface area (Å²) in [5, 5.41) is 8.36. The first-order valence-electron chi connectivity index (χ1n) is 4.00. The fraction of sp³-hybridized carbons (Fsp3) is 0.200. The van der Waals surface area contributed by atoms with Crippen LogP contribution in [0.1, 0.15) is 23.2 Å². The molecule has 3 nitrogen and oxygen atoms in total. The Bertz CT molecular complexity index is 303. The van der Waals surface area contributed by atoms with E-state index in [4.69, 9.17) is 5.11 Å². The van der Waals surface area contributed by atoms with E-state index in [1.54, 1.807) is 24.3 Å². The van der Waals surface area contributed by atoms with Crippen molar-refractivity contribution in [2.45, 2.75) is 12.8 Å². The first-order chi connectivity index (χ1) is 6.20. The van der Waals surface area contributed by atoms with E-state index in [9.17, 15) is 9.59 Å². The van der Waals surface area contributed by atoms with Crippen molar-refractivity contribution in [2.24, 2.45) is 0 Å². The fourth-order valence-electron chi connectivity index (χ4n) is 0.989. The summed E-state index contributed by atoms with van der Waals surface area (Å²) in [6.07, 6.45) is -0.0346. The van der Waals surface area contributed by atoms with Crippen LogP contribution in [0.4, 0.5) is 0 Å². The van der Waals surface area contributed by atoms with Crippen molar-refractivity contribution >= 4 is 11.8 Å². The number of aliphatic carboxylic acids is 1. The van der Waals surface area contributed by atoms with Gasteiger partial charge < -0.3 is 5.11 Å². The van der Waals surface area contributed by atoms with E-state index in [2.05, 4.69) is 0 Å². The second-order valence-corrected chi connectivity index (χ2v) is 2.68. The van der Waals surface area contributed by atoms with Gasteiger partial charge in [-0.25, -0.2) is 0 Å². The van der Waals surface area contributed by atoms with Crippen LogP contribution in [0.15, 0.2) is 30.3 Å². The average molecular weight is 186 g/mol. The van der Waals surface area contributed by atoms with Crippen LogP contribution >= 0.6 is 0 Å². The van der Waals surface area contributed by atoms with Gasteiger partial charge in [0.2, 0.25) is 0 Å². The van der Waals surface area contributed by atoms with Gasteiger partial charge in [0.1, 0.15) is 0 Å². The van der Waals surface area contributed by atoms with Gasteiger partial charge in [-0.2, -0.15) is 0 Å². The predicted octanol–water partition coefficient (Wildman–Crippen LogP) is 1.73. The largest absolute Gasteiger partial charge is 0.481 e. The molecule has 0 aliphatic heterocycles. The van der Waals surface area contributed by atoms with Gasteiger partial charge in [0, 0.05) is 12.0 Å². The number of carbonyl (C=O) groups excluding carboxylic acids is 1. The minimum absolute atomic E-state index is 0.0688. The number of rotatable bonds is 4. The van der Waals surface area contributed by atoms with E-state index in [1.165, 1.54) is 0 Å². The molecule has 0 aliphatic rings. The predicted molar refractivity (Wildman–Crippen MR) is 47.6 cm³/mol. The zero-order chi connectivity index (χ0) is 9.68. The Morgan fingerprint density at radius 2 is 1.69 bits per heavy atom. The standard InChI is InChI=1S/C10H10O3/c11-9(6-7-10(12)13)8-4-2-1-3-5-8/h1-5H,6-7H2,(H,12,13)/i1+1,2+1,3+1,4+1,5+1,8+1,9+1,10+1. The minimum Gasteiger partial charge on any atom is -0.481 e. The van der Waals surface area contributed by atoms with E-state index in [1.807, 2.05) is 6.07 Å². The quantitative estimate of drug-likeness (QED) is 0.575. The van der Waals surface area contributed by atoms with Crippen molar-refractivity contribution in [1.29, 1.82) is 0 Å². The van der Waals surface area contributed by atoms with Gasteiger partial charge in [0.05, 0.1) is 6.42 Å². The van der Waals surface area contributed by atoms with Gasteiger partial charge in [-0.15, -0.1) is 0 Å². The smallest absolute Gasteiger partial charge is 0.303 e. The molecule has 0 radical (unpaired) electrons. The number of hydrogen-bond acceptors (Lipinski definition) is 2. The van der Waals surface area contributed by atoms with Crippen LogP contribution in [-0.4, -0.2) is 16.9 Å². The van der Waals surface area contributed by atoms with Gasteiger partial charge in [0.25, 0.3) is 0 Å². The topological polar surface area (TPSA) is 54.4 Å². The molecule has 13 heavy (non-hydrogen) atoms. The molecule has 0 unspecified atom stereocenters. The number of carbonyl (C=O) groups is 2. The second kappa shape index (κ2) is 4.40. The highest BCUT2D eigenvalue weighted by atomic mass is 16.5. The normalized spacial score (nSPS) is 9.54. The second-order valence-electron chi connectivity index (χ2n) is 2.68. The van der Waals surface area contributed by atoms with Crippen molar-refractivity contribution in [3.05, 3.63) is 35.9 Å². The number of carboxylic acid groups (broad SMARTS) is 1. The van der Waals surface area contributed by atoms with Crippen LogP contribution in [0.25, 0.3) is 0 Å². The SMILES string of the molecule is O=[13C](O)CC[13C](=O)[13c]1[13cH][13cH][13cH][13cH][13cH]1. The summed E-state index contributed by atoms with van der Waals surface area (Å²) in [4.78, 5) is 21.5. The summed E-state index contributed by atoms with van der Waals surface area (Å²) in [6, 6.07) is 8.70. The third-order valence-corrected chi connectivity index (χ3v) is 1.66. The maximum Gasteiger partial charge on any atom is 0.303 e. The first-order valence-corrected chi connectivity index (χ1v) is 4.00. The van der Waals surface area contributed by atoms with Crippen LogP contribution in [-0.2, 0) is 4.79 Å². The van der Waals surface area contributed by atoms with Crippen LogP contribution in [0.2, 0.25) is 0 Å². The first kappa shape index (κ1) is 9.45. The zero-order valence-electron chi connectivity index (χ0n) is 7.06. The van der Waals surface area contributed by atoms with Crippen LogP contribution in [0.3, 0.4) is 0 Å². The van der Waals surface area contributed by atoms with E-state index in [0.717, 1.165) is 0 Å². The molecule has 0 heterocycles. The summed E-state index contributed by atoms with van der Waals surface area (Å²) in [5.74, 6) is -1.06. The minimum atomic E-state index is -0.940. The van der Waals surface area contributed by atoms with Gasteiger partial charge in [-0.05, 0) is 0 Å². The van der Waals surface area contributed by atoms with Crippen molar-refractivity contribution < 1.29 is 14.7 Å². The molecule has 68 valence electrons. The Hall–Kier alpha value is -1.64. The monoisotopic (exact) mass is 186 g/mol. The highest BCUT2D eigenvalue weighted by molar-refractivity contribution is 5.97. The molecule has 0 fully saturated rings.